The van der Waals surface area contributed by atoms with E-state index in [9.17, 15) is 13.6 Å². The standard InChI is InChI=1S/C15H10F2O/c16-13-8-12(9-14(17)10-13)15(6-7-18)11-4-2-1-3-5-11/h1-10H/b15-6+. The quantitative estimate of drug-likeness (QED) is 0.595. The Labute approximate surface area is 103 Å². The van der Waals surface area contributed by atoms with Crippen molar-refractivity contribution in [3.05, 3.63) is 77.4 Å². The van der Waals surface area contributed by atoms with Crippen molar-refractivity contribution in [1.82, 2.24) is 0 Å². The number of rotatable bonds is 3. The van der Waals surface area contributed by atoms with Gasteiger partial charge >= 0.3 is 0 Å². The number of carbonyl (C=O) groups is 1. The molecule has 0 atom stereocenters. The third-order valence-corrected chi connectivity index (χ3v) is 2.49. The van der Waals surface area contributed by atoms with Crippen molar-refractivity contribution in [2.75, 3.05) is 0 Å². The number of hydrogen-bond acceptors (Lipinski definition) is 1. The summed E-state index contributed by atoms with van der Waals surface area (Å²) in [5.41, 5.74) is 1.56. The van der Waals surface area contributed by atoms with Gasteiger partial charge in [0.15, 0.2) is 0 Å². The van der Waals surface area contributed by atoms with Crippen LogP contribution in [0.3, 0.4) is 0 Å². The lowest BCUT2D eigenvalue weighted by Crippen LogP contribution is -1.91. The van der Waals surface area contributed by atoms with Gasteiger partial charge in [-0.3, -0.25) is 4.79 Å². The summed E-state index contributed by atoms with van der Waals surface area (Å²) >= 11 is 0. The molecule has 0 unspecified atom stereocenters. The maximum atomic E-state index is 13.2. The van der Waals surface area contributed by atoms with E-state index in [2.05, 4.69) is 0 Å². The first-order valence-corrected chi connectivity index (χ1v) is 5.38. The predicted molar refractivity (Wildman–Crippen MR) is 65.9 cm³/mol. The van der Waals surface area contributed by atoms with Gasteiger partial charge < -0.3 is 0 Å². The minimum atomic E-state index is -0.669. The van der Waals surface area contributed by atoms with Crippen molar-refractivity contribution in [3.63, 3.8) is 0 Å². The zero-order chi connectivity index (χ0) is 13.0. The van der Waals surface area contributed by atoms with Crippen LogP contribution in [0.5, 0.6) is 0 Å². The third-order valence-electron chi connectivity index (χ3n) is 2.49. The van der Waals surface area contributed by atoms with E-state index in [0.717, 1.165) is 11.6 Å². The Morgan fingerprint density at radius 1 is 0.889 bits per heavy atom. The molecule has 2 aromatic rings. The molecule has 18 heavy (non-hydrogen) atoms. The highest BCUT2D eigenvalue weighted by Crippen LogP contribution is 2.24. The molecule has 2 rings (SSSR count). The smallest absolute Gasteiger partial charge is 0.143 e. The topological polar surface area (TPSA) is 17.1 Å². The molecule has 0 bridgehead atoms. The zero-order valence-corrected chi connectivity index (χ0v) is 9.44. The summed E-state index contributed by atoms with van der Waals surface area (Å²) in [4.78, 5) is 10.7. The van der Waals surface area contributed by atoms with Gasteiger partial charge in [0.2, 0.25) is 0 Å². The highest BCUT2D eigenvalue weighted by Gasteiger charge is 2.07. The molecule has 0 fully saturated rings. The van der Waals surface area contributed by atoms with Gasteiger partial charge in [0.25, 0.3) is 0 Å². The molecule has 0 saturated heterocycles. The lowest BCUT2D eigenvalue weighted by Gasteiger charge is -2.07. The Kier molecular flexibility index (Phi) is 3.63. The first kappa shape index (κ1) is 12.2. The first-order valence-electron chi connectivity index (χ1n) is 5.38. The molecule has 0 aliphatic rings. The molecule has 2 aromatic carbocycles. The van der Waals surface area contributed by atoms with Gasteiger partial charge in [0.1, 0.15) is 17.9 Å². The van der Waals surface area contributed by atoms with Crippen LogP contribution in [-0.4, -0.2) is 6.29 Å². The van der Waals surface area contributed by atoms with Crippen LogP contribution in [0.25, 0.3) is 5.57 Å². The van der Waals surface area contributed by atoms with Crippen LogP contribution in [0.15, 0.2) is 54.6 Å². The third kappa shape index (κ3) is 2.69. The van der Waals surface area contributed by atoms with E-state index in [0.29, 0.717) is 17.4 Å². The molecule has 0 aromatic heterocycles. The first-order chi connectivity index (χ1) is 8.70. The minimum Gasteiger partial charge on any atom is -0.299 e. The largest absolute Gasteiger partial charge is 0.299 e. The minimum absolute atomic E-state index is 0.339. The van der Waals surface area contributed by atoms with Crippen LogP contribution < -0.4 is 0 Å². The summed E-state index contributed by atoms with van der Waals surface area (Å²) in [6, 6.07) is 12.2. The second kappa shape index (κ2) is 5.36. The van der Waals surface area contributed by atoms with Crippen molar-refractivity contribution in [2.24, 2.45) is 0 Å². The monoisotopic (exact) mass is 244 g/mol. The highest BCUT2D eigenvalue weighted by molar-refractivity contribution is 5.89. The average Bonchev–Trinajstić information content (AvgIpc) is 2.36. The Balaban J connectivity index is 2.56. The molecule has 0 radical (unpaired) electrons. The molecule has 3 heteroatoms. The van der Waals surface area contributed by atoms with E-state index in [1.807, 2.05) is 6.07 Å². The van der Waals surface area contributed by atoms with Gasteiger partial charge in [-0.1, -0.05) is 30.3 Å². The Hall–Kier alpha value is -2.29. The van der Waals surface area contributed by atoms with Crippen molar-refractivity contribution < 1.29 is 13.6 Å². The van der Waals surface area contributed by atoms with Crippen LogP contribution in [0, 0.1) is 11.6 Å². The lowest BCUT2D eigenvalue weighted by molar-refractivity contribution is -0.104. The van der Waals surface area contributed by atoms with Crippen LogP contribution in [0.4, 0.5) is 8.78 Å². The zero-order valence-electron chi connectivity index (χ0n) is 9.44. The van der Waals surface area contributed by atoms with Crippen LogP contribution in [0.2, 0.25) is 0 Å². The molecule has 0 saturated carbocycles. The Bertz CT molecular complexity index is 568. The van der Waals surface area contributed by atoms with Crippen LogP contribution in [-0.2, 0) is 4.79 Å². The summed E-state index contributed by atoms with van der Waals surface area (Å²) in [7, 11) is 0. The SMILES string of the molecule is O=C/C=C(\c1ccccc1)c1cc(F)cc(F)c1. The van der Waals surface area contributed by atoms with Crippen molar-refractivity contribution >= 4 is 11.9 Å². The average molecular weight is 244 g/mol. The summed E-state index contributed by atoms with van der Waals surface area (Å²) < 4.78 is 26.4. The normalized spacial score (nSPS) is 11.3. The maximum Gasteiger partial charge on any atom is 0.143 e. The van der Waals surface area contributed by atoms with Gasteiger partial charge in [-0.2, -0.15) is 0 Å². The summed E-state index contributed by atoms with van der Waals surface area (Å²) in [6.45, 7) is 0. The number of hydrogen-bond donors (Lipinski definition) is 0. The fraction of sp³-hybridized carbons (Fsp3) is 0. The molecule has 0 spiro atoms. The van der Waals surface area contributed by atoms with Crippen LogP contribution >= 0.6 is 0 Å². The molecule has 1 nitrogen and oxygen atoms in total. The lowest BCUT2D eigenvalue weighted by atomic mass is 9.97. The Morgan fingerprint density at radius 3 is 2.06 bits per heavy atom. The number of carbonyl (C=O) groups excluding carboxylic acids is 1. The van der Waals surface area contributed by atoms with Crippen molar-refractivity contribution in [1.29, 1.82) is 0 Å². The molecular formula is C15H10F2O. The summed E-state index contributed by atoms with van der Waals surface area (Å²) in [5.74, 6) is -1.34. The van der Waals surface area contributed by atoms with E-state index >= 15 is 0 Å². The second-order valence-corrected chi connectivity index (χ2v) is 3.74. The second-order valence-electron chi connectivity index (χ2n) is 3.74. The number of aldehydes is 1. The van der Waals surface area contributed by atoms with Crippen molar-refractivity contribution in [2.45, 2.75) is 0 Å². The molecule has 0 aliphatic heterocycles. The fourth-order valence-electron chi connectivity index (χ4n) is 1.75. The van der Waals surface area contributed by atoms with Gasteiger partial charge in [0, 0.05) is 6.07 Å². The maximum absolute atomic E-state index is 13.2. The molecular weight excluding hydrogens is 234 g/mol. The summed E-state index contributed by atoms with van der Waals surface area (Å²) in [5, 5.41) is 0. The van der Waals surface area contributed by atoms with Gasteiger partial charge in [-0.15, -0.1) is 0 Å². The Morgan fingerprint density at radius 2 is 1.50 bits per heavy atom. The molecule has 90 valence electrons. The van der Waals surface area contributed by atoms with Gasteiger partial charge in [-0.05, 0) is 34.9 Å². The molecule has 0 amide bonds. The van der Waals surface area contributed by atoms with E-state index in [-0.39, 0.29) is 0 Å². The van der Waals surface area contributed by atoms with E-state index in [1.54, 1.807) is 24.3 Å². The highest BCUT2D eigenvalue weighted by atomic mass is 19.1. The van der Waals surface area contributed by atoms with E-state index in [1.165, 1.54) is 18.2 Å². The molecule has 0 N–H and O–H groups in total. The van der Waals surface area contributed by atoms with Crippen LogP contribution in [0.1, 0.15) is 11.1 Å². The van der Waals surface area contributed by atoms with Gasteiger partial charge in [0.05, 0.1) is 0 Å². The number of benzene rings is 2. The van der Waals surface area contributed by atoms with Gasteiger partial charge in [-0.25, -0.2) is 8.78 Å². The van der Waals surface area contributed by atoms with E-state index < -0.39 is 11.6 Å². The molecule has 0 heterocycles. The molecule has 0 aliphatic carbocycles. The van der Waals surface area contributed by atoms with Crippen molar-refractivity contribution in [3.8, 4) is 0 Å². The van der Waals surface area contributed by atoms with E-state index in [4.69, 9.17) is 0 Å². The summed E-state index contributed by atoms with van der Waals surface area (Å²) in [6.07, 6.45) is 1.90. The fourth-order valence-corrected chi connectivity index (χ4v) is 1.75. The predicted octanol–water partition coefficient (Wildman–Crippen LogP) is 3.60. The number of allylic oxidation sites excluding steroid dienone is 1. The number of halogens is 2.